The number of rotatable bonds is 17. The molecule has 1 atom stereocenters. The molecule has 0 radical (unpaired) electrons. The Kier molecular flexibility index (Phi) is 33.3. The molecule has 27 heavy (non-hydrogen) atoms. The van der Waals surface area contributed by atoms with E-state index in [0.717, 1.165) is 19.3 Å². The maximum atomic E-state index is 11.3. The number of ether oxygens (including phenoxy) is 1. The van der Waals surface area contributed by atoms with Gasteiger partial charge in [0.2, 0.25) is 0 Å². The molecule has 0 saturated heterocycles. The van der Waals surface area contributed by atoms with Gasteiger partial charge in [-0.25, -0.2) is 4.79 Å². The molecule has 0 bridgehead atoms. The van der Waals surface area contributed by atoms with E-state index in [9.17, 15) is 9.59 Å². The summed E-state index contributed by atoms with van der Waals surface area (Å²) in [5.41, 5.74) is 0. The summed E-state index contributed by atoms with van der Waals surface area (Å²) < 4.78 is 4.50. The standard InChI is InChI=1S/C21H40O4.2K.2H/c1-3-4-5-6-7-8-9-10-11-12-13-14-15-16-17-18-20(23)25-21(24)19(2)22;;;;/h19,22H,3-18H2,1-2H3;;;;/p+1. The minimum atomic E-state index is -1.23. The van der Waals surface area contributed by atoms with Gasteiger partial charge in [-0.2, -0.15) is 0 Å². The van der Waals surface area contributed by atoms with Gasteiger partial charge in [-0.05, 0) is 13.3 Å². The second-order valence-electron chi connectivity index (χ2n) is 7.17. The number of carbonyl (C=O) groups is 2. The molecule has 6 heteroatoms. The summed E-state index contributed by atoms with van der Waals surface area (Å²) in [4.78, 5) is 22.4. The molecule has 4 nitrogen and oxygen atoms in total. The average Bonchev–Trinajstić information content (AvgIpc) is 2.58. The SMILES string of the molecule is CCCCCCCCCCCCCCCCCC(=O)OC(=O)C(C)O.[H+].[KH].[KH]. The van der Waals surface area contributed by atoms with E-state index in [4.69, 9.17) is 5.11 Å². The summed E-state index contributed by atoms with van der Waals surface area (Å²) in [6.07, 6.45) is 18.2. The molecular weight excluding hydrogens is 394 g/mol. The first-order valence-electron chi connectivity index (χ1n) is 10.5. The van der Waals surface area contributed by atoms with E-state index in [0.29, 0.717) is 0 Å². The summed E-state index contributed by atoms with van der Waals surface area (Å²) in [6, 6.07) is 0. The topological polar surface area (TPSA) is 63.6 Å². The Bertz CT molecular complexity index is 342. The molecular formula is C21H43K2O4+. The number of aliphatic hydroxyl groups excluding tert-OH is 1. The second kappa shape index (κ2) is 26.4. The van der Waals surface area contributed by atoms with Crippen LogP contribution < -0.4 is 0 Å². The van der Waals surface area contributed by atoms with Crippen LogP contribution in [0.5, 0.6) is 0 Å². The van der Waals surface area contributed by atoms with Crippen LogP contribution in [0.3, 0.4) is 0 Å². The van der Waals surface area contributed by atoms with Gasteiger partial charge in [-0.15, -0.1) is 0 Å². The predicted molar refractivity (Wildman–Crippen MR) is 118 cm³/mol. The third-order valence-electron chi connectivity index (χ3n) is 4.54. The number of unbranched alkanes of at least 4 members (excludes halogenated alkanes) is 14. The first-order valence-corrected chi connectivity index (χ1v) is 10.5. The quantitative estimate of drug-likeness (QED) is 0.157. The van der Waals surface area contributed by atoms with Crippen molar-refractivity contribution >= 4 is 115 Å². The van der Waals surface area contributed by atoms with Crippen LogP contribution in [0.15, 0.2) is 0 Å². The first kappa shape index (κ1) is 34.0. The van der Waals surface area contributed by atoms with Crippen molar-refractivity contribution in [2.45, 2.75) is 123 Å². The van der Waals surface area contributed by atoms with Crippen LogP contribution in [-0.2, 0) is 14.3 Å². The van der Waals surface area contributed by atoms with Gasteiger partial charge in [0.15, 0.2) is 0 Å². The summed E-state index contributed by atoms with van der Waals surface area (Å²) in [6.45, 7) is 3.55. The van der Waals surface area contributed by atoms with E-state index in [2.05, 4.69) is 11.7 Å². The van der Waals surface area contributed by atoms with Gasteiger partial charge in [0, 0.05) is 6.42 Å². The molecule has 1 N–H and O–H groups in total. The van der Waals surface area contributed by atoms with E-state index < -0.39 is 18.0 Å². The molecule has 0 fully saturated rings. The van der Waals surface area contributed by atoms with E-state index in [1.165, 1.54) is 84.0 Å². The molecule has 1 unspecified atom stereocenters. The van der Waals surface area contributed by atoms with Gasteiger partial charge in [0.1, 0.15) is 6.10 Å². The Balaban J connectivity index is -0.000000960. The van der Waals surface area contributed by atoms with Crippen molar-refractivity contribution in [2.75, 3.05) is 0 Å². The predicted octanol–water partition coefficient (Wildman–Crippen LogP) is 4.51. The van der Waals surface area contributed by atoms with Crippen molar-refractivity contribution in [3.05, 3.63) is 0 Å². The molecule has 0 aliphatic rings. The molecule has 152 valence electrons. The summed E-state index contributed by atoms with van der Waals surface area (Å²) >= 11 is 0. The second-order valence-corrected chi connectivity index (χ2v) is 7.17. The summed E-state index contributed by atoms with van der Waals surface area (Å²) in [5, 5.41) is 8.95. The molecule has 0 aliphatic heterocycles. The molecule has 0 saturated carbocycles. The zero-order valence-corrected chi connectivity index (χ0v) is 16.6. The third kappa shape index (κ3) is 26.3. The third-order valence-corrected chi connectivity index (χ3v) is 4.54. The number of aliphatic hydroxyl groups is 1. The van der Waals surface area contributed by atoms with Crippen LogP contribution in [0.1, 0.15) is 118 Å². The summed E-state index contributed by atoms with van der Waals surface area (Å²) in [7, 11) is 0. The molecule has 0 aromatic rings. The average molecular weight is 438 g/mol. The van der Waals surface area contributed by atoms with Crippen LogP contribution in [0, 0.1) is 0 Å². The van der Waals surface area contributed by atoms with Crippen LogP contribution in [0.2, 0.25) is 0 Å². The van der Waals surface area contributed by atoms with Gasteiger partial charge in [-0.1, -0.05) is 96.8 Å². The van der Waals surface area contributed by atoms with Gasteiger partial charge < -0.3 is 9.84 Å². The summed E-state index contributed by atoms with van der Waals surface area (Å²) in [5.74, 6) is -1.38. The van der Waals surface area contributed by atoms with Crippen LogP contribution in [-0.4, -0.2) is 126 Å². The zero-order chi connectivity index (χ0) is 18.8. The molecule has 0 rings (SSSR count). The van der Waals surface area contributed by atoms with Crippen LogP contribution in [0.25, 0.3) is 0 Å². The van der Waals surface area contributed by atoms with E-state index in [1.54, 1.807) is 0 Å². The number of carbonyl (C=O) groups excluding carboxylic acids is 2. The van der Waals surface area contributed by atoms with Crippen molar-refractivity contribution in [1.29, 1.82) is 0 Å². The van der Waals surface area contributed by atoms with E-state index in [1.807, 2.05) is 0 Å². The Hall–Kier alpha value is 2.37. The fraction of sp³-hybridized carbons (Fsp3) is 0.905. The number of hydrogen-bond donors (Lipinski definition) is 1. The Labute approximate surface area is 254 Å². The van der Waals surface area contributed by atoms with E-state index >= 15 is 0 Å². The molecule has 0 amide bonds. The fourth-order valence-corrected chi connectivity index (χ4v) is 2.89. The van der Waals surface area contributed by atoms with Crippen molar-refractivity contribution in [3.8, 4) is 0 Å². The number of esters is 2. The Morgan fingerprint density at radius 2 is 1.07 bits per heavy atom. The van der Waals surface area contributed by atoms with E-state index in [-0.39, 0.29) is 111 Å². The fourth-order valence-electron chi connectivity index (χ4n) is 2.89. The molecule has 0 aromatic heterocycles. The molecule has 0 aromatic carbocycles. The Morgan fingerprint density at radius 1 is 0.741 bits per heavy atom. The molecule has 0 aliphatic carbocycles. The van der Waals surface area contributed by atoms with Crippen molar-refractivity contribution in [3.63, 3.8) is 0 Å². The monoisotopic (exact) mass is 437 g/mol. The molecule has 0 heterocycles. The first-order chi connectivity index (χ1) is 12.1. The normalized spacial score (nSPS) is 11.2. The van der Waals surface area contributed by atoms with Crippen molar-refractivity contribution in [2.24, 2.45) is 0 Å². The van der Waals surface area contributed by atoms with Gasteiger partial charge in [-0.3, -0.25) is 4.79 Å². The maximum absolute atomic E-state index is 11.3. The van der Waals surface area contributed by atoms with Crippen molar-refractivity contribution < 1.29 is 20.9 Å². The van der Waals surface area contributed by atoms with Gasteiger partial charge in [0.05, 0.1) is 0 Å². The van der Waals surface area contributed by atoms with Gasteiger partial charge >= 0.3 is 116 Å². The zero-order valence-electron chi connectivity index (χ0n) is 17.6. The molecule has 0 spiro atoms. The van der Waals surface area contributed by atoms with Crippen LogP contribution >= 0.6 is 0 Å². The Morgan fingerprint density at radius 3 is 1.41 bits per heavy atom. The van der Waals surface area contributed by atoms with Crippen molar-refractivity contribution in [1.82, 2.24) is 0 Å². The minimum absolute atomic E-state index is 0. The van der Waals surface area contributed by atoms with Gasteiger partial charge in [0.25, 0.3) is 0 Å². The number of hydrogen-bond acceptors (Lipinski definition) is 4. The van der Waals surface area contributed by atoms with Crippen LogP contribution in [0.4, 0.5) is 0 Å².